The molecule has 0 aliphatic heterocycles. The van der Waals surface area contributed by atoms with Gasteiger partial charge in [-0.05, 0) is 20.8 Å². The van der Waals surface area contributed by atoms with E-state index in [9.17, 15) is 0 Å². The van der Waals surface area contributed by atoms with Crippen molar-refractivity contribution in [3.8, 4) is 5.75 Å². The van der Waals surface area contributed by atoms with Gasteiger partial charge in [-0.25, -0.2) is 0 Å². The molecule has 0 saturated heterocycles. The summed E-state index contributed by atoms with van der Waals surface area (Å²) >= 11 is 0. The van der Waals surface area contributed by atoms with Crippen LogP contribution in [0.15, 0.2) is 12.4 Å². The zero-order valence-electron chi connectivity index (χ0n) is 10.9. The van der Waals surface area contributed by atoms with Gasteiger partial charge >= 0.3 is 0 Å². The van der Waals surface area contributed by atoms with Crippen molar-refractivity contribution in [3.63, 3.8) is 0 Å². The van der Waals surface area contributed by atoms with Gasteiger partial charge in [0.2, 0.25) is 0 Å². The topological polar surface area (TPSA) is 39.1 Å². The Labute approximate surface area is 98.0 Å². The fraction of sp³-hybridized carbons (Fsp3) is 0.750. The van der Waals surface area contributed by atoms with Crippen molar-refractivity contribution in [2.45, 2.75) is 52.8 Å². The van der Waals surface area contributed by atoms with Crippen LogP contribution in [0.5, 0.6) is 5.75 Å². The third kappa shape index (κ3) is 4.23. The highest BCUT2D eigenvalue weighted by Crippen LogP contribution is 2.13. The summed E-state index contributed by atoms with van der Waals surface area (Å²) in [6.07, 6.45) is 3.87. The van der Waals surface area contributed by atoms with Crippen molar-refractivity contribution < 1.29 is 4.74 Å². The van der Waals surface area contributed by atoms with Crippen LogP contribution in [0, 0.1) is 0 Å². The van der Waals surface area contributed by atoms with Gasteiger partial charge in [0.05, 0.1) is 12.4 Å². The van der Waals surface area contributed by atoms with Crippen LogP contribution in [0.4, 0.5) is 0 Å². The summed E-state index contributed by atoms with van der Waals surface area (Å²) in [7, 11) is 0. The number of ether oxygens (including phenoxy) is 1. The Morgan fingerprint density at radius 3 is 2.50 bits per heavy atom. The van der Waals surface area contributed by atoms with E-state index in [-0.39, 0.29) is 6.10 Å². The van der Waals surface area contributed by atoms with Crippen LogP contribution in [0.2, 0.25) is 0 Å². The Morgan fingerprint density at radius 1 is 1.31 bits per heavy atom. The zero-order valence-corrected chi connectivity index (χ0v) is 10.9. The van der Waals surface area contributed by atoms with Crippen LogP contribution >= 0.6 is 0 Å². The maximum atomic E-state index is 5.75. The Hall–Kier alpha value is -1.03. The lowest BCUT2D eigenvalue weighted by Gasteiger charge is -2.15. The highest BCUT2D eigenvalue weighted by atomic mass is 16.5. The summed E-state index contributed by atoms with van der Waals surface area (Å²) in [6, 6.07) is 0.867. The Kier molecular flexibility index (Phi) is 4.80. The molecule has 1 aromatic rings. The second kappa shape index (κ2) is 5.89. The summed E-state index contributed by atoms with van der Waals surface area (Å²) in [6.45, 7) is 11.4. The van der Waals surface area contributed by atoms with Crippen molar-refractivity contribution in [1.82, 2.24) is 15.1 Å². The predicted octanol–water partition coefficient (Wildman–Crippen LogP) is 2.23. The summed E-state index contributed by atoms with van der Waals surface area (Å²) < 4.78 is 7.65. The molecule has 1 rings (SSSR count). The highest BCUT2D eigenvalue weighted by Gasteiger charge is 2.07. The van der Waals surface area contributed by atoms with Gasteiger partial charge in [-0.1, -0.05) is 13.8 Å². The molecule has 0 saturated carbocycles. The molecule has 1 aromatic heterocycles. The molecular formula is C12H23N3O. The van der Waals surface area contributed by atoms with Gasteiger partial charge in [0.25, 0.3) is 0 Å². The van der Waals surface area contributed by atoms with E-state index >= 15 is 0 Å². The molecule has 1 atom stereocenters. The number of nitrogens with one attached hydrogen (secondary N) is 1. The molecule has 0 fully saturated rings. The average Bonchev–Trinajstić information content (AvgIpc) is 2.63. The first-order valence-corrected chi connectivity index (χ1v) is 5.93. The van der Waals surface area contributed by atoms with E-state index in [0.717, 1.165) is 12.3 Å². The Balaban J connectivity index is 2.40. The van der Waals surface area contributed by atoms with E-state index in [1.165, 1.54) is 0 Å². The van der Waals surface area contributed by atoms with Crippen molar-refractivity contribution >= 4 is 0 Å². The lowest BCUT2D eigenvalue weighted by Crippen LogP contribution is -2.33. The summed E-state index contributed by atoms with van der Waals surface area (Å²) in [4.78, 5) is 0. The maximum Gasteiger partial charge on any atom is 0.157 e. The molecule has 92 valence electrons. The summed E-state index contributed by atoms with van der Waals surface area (Å²) in [5.41, 5.74) is 0. The first-order valence-electron chi connectivity index (χ1n) is 5.93. The van der Waals surface area contributed by atoms with Crippen LogP contribution in [-0.4, -0.2) is 28.5 Å². The molecule has 1 N–H and O–H groups in total. The fourth-order valence-electron chi connectivity index (χ4n) is 1.34. The minimum Gasteiger partial charge on any atom is -0.486 e. The maximum absolute atomic E-state index is 5.75. The molecule has 1 heterocycles. The van der Waals surface area contributed by atoms with Gasteiger partial charge < -0.3 is 10.1 Å². The van der Waals surface area contributed by atoms with Crippen molar-refractivity contribution in [1.29, 1.82) is 0 Å². The lowest BCUT2D eigenvalue weighted by molar-refractivity contribution is 0.213. The molecule has 0 aliphatic carbocycles. The minimum absolute atomic E-state index is 0.159. The molecule has 0 bridgehead atoms. The van der Waals surface area contributed by atoms with Gasteiger partial charge in [-0.15, -0.1) is 0 Å². The van der Waals surface area contributed by atoms with Crippen molar-refractivity contribution in [2.24, 2.45) is 0 Å². The van der Waals surface area contributed by atoms with Gasteiger partial charge in [0, 0.05) is 18.6 Å². The van der Waals surface area contributed by atoms with Crippen molar-refractivity contribution in [2.75, 3.05) is 6.54 Å². The monoisotopic (exact) mass is 225 g/mol. The number of hydrogen-bond acceptors (Lipinski definition) is 3. The molecule has 0 radical (unpaired) electrons. The summed E-state index contributed by atoms with van der Waals surface area (Å²) in [5, 5.41) is 7.58. The molecule has 4 nitrogen and oxygen atoms in total. The van der Waals surface area contributed by atoms with Crippen LogP contribution in [0.25, 0.3) is 0 Å². The van der Waals surface area contributed by atoms with Gasteiger partial charge in [-0.3, -0.25) is 4.68 Å². The third-order valence-corrected chi connectivity index (χ3v) is 2.26. The largest absolute Gasteiger partial charge is 0.486 e. The molecule has 0 amide bonds. The van der Waals surface area contributed by atoms with Gasteiger partial charge in [0.15, 0.2) is 5.75 Å². The predicted molar refractivity (Wildman–Crippen MR) is 65.8 cm³/mol. The van der Waals surface area contributed by atoms with E-state index in [4.69, 9.17) is 4.74 Å². The van der Waals surface area contributed by atoms with Crippen LogP contribution in [-0.2, 0) is 0 Å². The quantitative estimate of drug-likeness (QED) is 0.807. The second-order valence-corrected chi connectivity index (χ2v) is 4.74. The Morgan fingerprint density at radius 2 is 2.00 bits per heavy atom. The van der Waals surface area contributed by atoms with Gasteiger partial charge in [0.1, 0.15) is 6.10 Å². The lowest BCUT2D eigenvalue weighted by atomic mass is 10.3. The standard InChI is InChI=1S/C12H23N3O/c1-9(2)13-6-11(5)16-12-7-14-15(8-12)10(3)4/h7-11,13H,6H2,1-5H3. The van der Waals surface area contributed by atoms with Crippen LogP contribution in [0.1, 0.15) is 40.7 Å². The third-order valence-electron chi connectivity index (χ3n) is 2.26. The van der Waals surface area contributed by atoms with Gasteiger partial charge in [-0.2, -0.15) is 5.10 Å². The van der Waals surface area contributed by atoms with E-state index in [1.807, 2.05) is 10.9 Å². The number of rotatable bonds is 6. The molecule has 0 aliphatic rings. The molecule has 16 heavy (non-hydrogen) atoms. The van der Waals surface area contributed by atoms with E-state index < -0.39 is 0 Å². The van der Waals surface area contributed by atoms with Crippen molar-refractivity contribution in [3.05, 3.63) is 12.4 Å². The SMILES string of the molecule is CC(C)NCC(C)Oc1cnn(C(C)C)c1. The minimum atomic E-state index is 0.159. The molecular weight excluding hydrogens is 202 g/mol. The van der Waals surface area contributed by atoms with Crippen LogP contribution < -0.4 is 10.1 Å². The first kappa shape index (κ1) is 13.0. The molecule has 0 aromatic carbocycles. The first-order chi connectivity index (χ1) is 7.49. The van der Waals surface area contributed by atoms with E-state index in [2.05, 4.69) is 45.0 Å². The Bertz CT molecular complexity index is 307. The average molecular weight is 225 g/mol. The highest BCUT2D eigenvalue weighted by molar-refractivity contribution is 5.12. The smallest absolute Gasteiger partial charge is 0.157 e. The summed E-state index contributed by atoms with van der Waals surface area (Å²) in [5.74, 6) is 0.840. The molecule has 1 unspecified atom stereocenters. The number of nitrogens with zero attached hydrogens (tertiary/aromatic N) is 2. The van der Waals surface area contributed by atoms with E-state index in [0.29, 0.717) is 12.1 Å². The van der Waals surface area contributed by atoms with Crippen LogP contribution in [0.3, 0.4) is 0 Å². The zero-order chi connectivity index (χ0) is 12.1. The van der Waals surface area contributed by atoms with E-state index in [1.54, 1.807) is 6.20 Å². The number of aromatic nitrogens is 2. The number of hydrogen-bond donors (Lipinski definition) is 1. The normalized spacial score (nSPS) is 13.4. The fourth-order valence-corrected chi connectivity index (χ4v) is 1.34. The second-order valence-electron chi connectivity index (χ2n) is 4.74. The molecule has 0 spiro atoms. The molecule has 4 heteroatoms.